The first kappa shape index (κ1) is 55.6. The minimum atomic E-state index is -1.25. The van der Waals surface area contributed by atoms with Gasteiger partial charge in [0.2, 0.25) is 53.2 Å². The minimum Gasteiger partial charge on any atom is -0.480 e. The second-order valence-electron chi connectivity index (χ2n) is 15.3. The summed E-state index contributed by atoms with van der Waals surface area (Å²) in [5.74, 6) is -7.51. The molecule has 0 unspecified atom stereocenters. The lowest BCUT2D eigenvalue weighted by molar-refractivity contribution is -0.141. The van der Waals surface area contributed by atoms with E-state index in [1.807, 2.05) is 13.8 Å². The molecule has 348 valence electrons. The predicted molar refractivity (Wildman–Crippen MR) is 225 cm³/mol. The first-order chi connectivity index (χ1) is 28.5. The number of nitrogens with one attached hydrogen (secondary N) is 9. The van der Waals surface area contributed by atoms with Crippen molar-refractivity contribution in [2.24, 2.45) is 11.5 Å². The molecule has 0 aliphatic heterocycles. The molecule has 0 radical (unpaired) electrons. The van der Waals surface area contributed by atoms with Crippen molar-refractivity contribution in [3.05, 3.63) is 0 Å². The number of rotatable bonds is 29. The molecular formula is C39H71N11O11. The number of hydrogen-bond acceptors (Lipinski definition) is 12. The van der Waals surface area contributed by atoms with Gasteiger partial charge in [0.15, 0.2) is 0 Å². The average molecular weight is 870 g/mol. The van der Waals surface area contributed by atoms with Gasteiger partial charge in [0.1, 0.15) is 54.4 Å². The molecule has 0 heterocycles. The van der Waals surface area contributed by atoms with Crippen molar-refractivity contribution >= 4 is 59.1 Å². The van der Waals surface area contributed by atoms with Gasteiger partial charge in [-0.05, 0) is 87.1 Å². The van der Waals surface area contributed by atoms with Crippen LogP contribution in [0.15, 0.2) is 0 Å². The van der Waals surface area contributed by atoms with E-state index in [2.05, 4.69) is 47.9 Å². The van der Waals surface area contributed by atoms with Gasteiger partial charge < -0.3 is 64.4 Å². The molecule has 61 heavy (non-hydrogen) atoms. The van der Waals surface area contributed by atoms with Crippen LogP contribution in [0, 0.1) is 0 Å². The van der Waals surface area contributed by atoms with Crippen molar-refractivity contribution in [2.75, 3.05) is 6.54 Å². The van der Waals surface area contributed by atoms with Gasteiger partial charge in [-0.3, -0.25) is 47.9 Å². The highest BCUT2D eigenvalue weighted by Gasteiger charge is 2.31. The first-order valence-electron chi connectivity index (χ1n) is 20.9. The molecule has 9 amide bonds. The third kappa shape index (κ3) is 21.6. The Morgan fingerprint density at radius 1 is 0.393 bits per heavy atom. The molecule has 0 aromatic rings. The van der Waals surface area contributed by atoms with Crippen LogP contribution in [0.5, 0.6) is 0 Å². The Labute approximate surface area is 358 Å². The molecule has 0 fully saturated rings. The van der Waals surface area contributed by atoms with Crippen LogP contribution >= 0.6 is 0 Å². The van der Waals surface area contributed by atoms with Crippen molar-refractivity contribution in [3.8, 4) is 0 Å². The molecule has 0 saturated carbocycles. The lowest BCUT2D eigenvalue weighted by Gasteiger charge is -2.25. The molecule has 0 spiro atoms. The number of carboxylic acid groups (broad SMARTS) is 1. The second-order valence-corrected chi connectivity index (χ2v) is 15.3. The Morgan fingerprint density at radius 2 is 0.656 bits per heavy atom. The lowest BCUT2D eigenvalue weighted by atomic mass is 10.1. The van der Waals surface area contributed by atoms with E-state index in [-0.39, 0.29) is 12.8 Å². The fourth-order valence-electron chi connectivity index (χ4n) is 5.36. The summed E-state index contributed by atoms with van der Waals surface area (Å²) in [5.41, 5.74) is 11.2. The average Bonchev–Trinajstić information content (AvgIpc) is 3.19. The quantitative estimate of drug-likeness (QED) is 0.0344. The van der Waals surface area contributed by atoms with Crippen LogP contribution in [0.2, 0.25) is 0 Å². The highest BCUT2D eigenvalue weighted by Crippen LogP contribution is 2.06. The maximum atomic E-state index is 13.3. The van der Waals surface area contributed by atoms with E-state index in [1.54, 1.807) is 0 Å². The van der Waals surface area contributed by atoms with Crippen LogP contribution < -0.4 is 59.3 Å². The zero-order chi connectivity index (χ0) is 47.0. The van der Waals surface area contributed by atoms with Crippen LogP contribution in [-0.2, 0) is 47.9 Å². The summed E-state index contributed by atoms with van der Waals surface area (Å²) in [6.45, 7) is 13.7. The molecule has 0 aliphatic rings. The van der Waals surface area contributed by atoms with Crippen LogP contribution in [0.4, 0.5) is 0 Å². The number of unbranched alkanes of at least 4 members (excludes halogenated alkanes) is 3. The zero-order valence-electron chi connectivity index (χ0n) is 37.0. The van der Waals surface area contributed by atoms with Gasteiger partial charge in [-0.25, -0.2) is 0 Å². The van der Waals surface area contributed by atoms with Crippen molar-refractivity contribution in [2.45, 2.75) is 181 Å². The minimum absolute atomic E-state index is 0.146. The molecule has 0 aromatic carbocycles. The number of carbonyl (C=O) groups excluding carboxylic acids is 9. The van der Waals surface area contributed by atoms with Gasteiger partial charge in [0, 0.05) is 0 Å². The summed E-state index contributed by atoms with van der Waals surface area (Å²) in [6, 6.07) is -11.0. The van der Waals surface area contributed by atoms with Gasteiger partial charge in [0.25, 0.3) is 0 Å². The fourth-order valence-corrected chi connectivity index (χ4v) is 5.36. The lowest BCUT2D eigenvalue weighted by Crippen LogP contribution is -2.59. The summed E-state index contributed by atoms with van der Waals surface area (Å²) >= 11 is 0. The molecular weight excluding hydrogens is 798 g/mol. The van der Waals surface area contributed by atoms with Gasteiger partial charge in [0.05, 0.1) is 6.04 Å². The summed E-state index contributed by atoms with van der Waals surface area (Å²) in [7, 11) is 0. The number of hydrogen-bond donors (Lipinski definition) is 12. The maximum absolute atomic E-state index is 13.3. The zero-order valence-corrected chi connectivity index (χ0v) is 37.0. The van der Waals surface area contributed by atoms with E-state index in [0.717, 1.165) is 6.42 Å². The Hall–Kier alpha value is -5.38. The van der Waals surface area contributed by atoms with Gasteiger partial charge in [-0.15, -0.1) is 0 Å². The van der Waals surface area contributed by atoms with Crippen LogP contribution in [0.3, 0.4) is 0 Å². The van der Waals surface area contributed by atoms with Crippen molar-refractivity contribution in [1.29, 1.82) is 0 Å². The highest BCUT2D eigenvalue weighted by molar-refractivity contribution is 5.98. The number of amides is 9. The van der Waals surface area contributed by atoms with E-state index in [1.165, 1.54) is 48.5 Å². The standard InChI is InChI=1S/C39H71N11O11/c1-10-12-16-27(48-30(51)20(3)41)36(57)46-25(8)35(56)50-29(18-14-15-19-40)37(58)45-23(6)33(54)43-21(4)31(52)42-22(5)32(53)44-24(7)34(55)49-28(17-13-11-2)38(59)47-26(9)39(60)61/h20-29H,10-19,40-41H2,1-9H3,(H,42,52)(H,43,54)(H,44,53)(H,45,58)(H,46,57)(H,47,59)(H,48,51)(H,49,55)(H,50,56)(H,60,61)/t20-,21-,22-,23-,24-,25-,26-,27-,28-,29-/m0/s1. The van der Waals surface area contributed by atoms with E-state index in [9.17, 15) is 47.9 Å². The Balaban J connectivity index is 5.41. The number of aliphatic carboxylic acids is 1. The third-order valence-corrected chi connectivity index (χ3v) is 9.44. The summed E-state index contributed by atoms with van der Waals surface area (Å²) < 4.78 is 0. The normalized spacial score (nSPS) is 15.9. The number of carbonyl (C=O) groups is 10. The van der Waals surface area contributed by atoms with Crippen LogP contribution in [0.25, 0.3) is 0 Å². The predicted octanol–water partition coefficient (Wildman–Crippen LogP) is -2.59. The molecule has 0 rings (SSSR count). The van der Waals surface area contributed by atoms with Crippen molar-refractivity contribution < 1.29 is 53.1 Å². The number of carboxylic acids is 1. The van der Waals surface area contributed by atoms with E-state index in [0.29, 0.717) is 45.1 Å². The van der Waals surface area contributed by atoms with Gasteiger partial charge >= 0.3 is 5.97 Å². The first-order valence-corrected chi connectivity index (χ1v) is 20.9. The van der Waals surface area contributed by atoms with E-state index >= 15 is 0 Å². The largest absolute Gasteiger partial charge is 0.480 e. The smallest absolute Gasteiger partial charge is 0.325 e. The Morgan fingerprint density at radius 3 is 0.934 bits per heavy atom. The maximum Gasteiger partial charge on any atom is 0.325 e. The van der Waals surface area contributed by atoms with Crippen molar-refractivity contribution in [1.82, 2.24) is 47.9 Å². The van der Waals surface area contributed by atoms with Gasteiger partial charge in [-0.2, -0.15) is 0 Å². The molecule has 22 nitrogen and oxygen atoms in total. The van der Waals surface area contributed by atoms with Crippen molar-refractivity contribution in [3.63, 3.8) is 0 Å². The number of nitrogens with two attached hydrogens (primary N) is 2. The molecule has 0 aliphatic carbocycles. The molecule has 0 saturated heterocycles. The van der Waals surface area contributed by atoms with E-state index < -0.39 is 120 Å². The summed E-state index contributed by atoms with van der Waals surface area (Å²) in [4.78, 5) is 127. The molecule has 0 aromatic heterocycles. The Bertz CT molecular complexity index is 1510. The van der Waals surface area contributed by atoms with Crippen LogP contribution in [0.1, 0.15) is 120 Å². The highest BCUT2D eigenvalue weighted by atomic mass is 16.4. The molecule has 22 heteroatoms. The SMILES string of the molecule is CCCC[C@H](NC(=O)[C@H](C)N)C(=O)N[C@@H](C)C(=O)N[C@@H](CCCCN)C(=O)N[C@@H](C)C(=O)N[C@@H](C)C(=O)N[C@@H](C)C(=O)N[C@@H](C)C(=O)N[C@@H](CCCC)C(=O)N[C@@H](C)C(=O)O. The van der Waals surface area contributed by atoms with E-state index in [4.69, 9.17) is 16.6 Å². The topological polar surface area (TPSA) is 351 Å². The molecule has 10 atom stereocenters. The van der Waals surface area contributed by atoms with Crippen LogP contribution in [-0.4, -0.2) is 131 Å². The monoisotopic (exact) mass is 870 g/mol. The Kier molecular flexibility index (Phi) is 26.4. The van der Waals surface area contributed by atoms with Gasteiger partial charge in [-0.1, -0.05) is 39.5 Å². The molecule has 14 N–H and O–H groups in total. The summed E-state index contributed by atoms with van der Waals surface area (Å²) in [6.07, 6.45) is 4.29. The second kappa shape index (κ2) is 29.0. The molecule has 0 bridgehead atoms. The summed E-state index contributed by atoms with van der Waals surface area (Å²) in [5, 5.41) is 31.5. The fraction of sp³-hybridized carbons (Fsp3) is 0.744. The third-order valence-electron chi connectivity index (χ3n) is 9.44.